The highest BCUT2D eigenvalue weighted by atomic mass is 32.1. The maximum atomic E-state index is 12.7. The van der Waals surface area contributed by atoms with E-state index in [1.165, 1.54) is 0 Å². The molecule has 12 heteroatoms. The molecule has 4 atom stereocenters. The molecular formula is C18H33N5O6S. The molecular weight excluding hydrogens is 414 g/mol. The maximum Gasteiger partial charge on any atom is 0.326 e. The van der Waals surface area contributed by atoms with Crippen LogP contribution in [-0.2, 0) is 24.0 Å². The van der Waals surface area contributed by atoms with Crippen molar-refractivity contribution >= 4 is 42.2 Å². The Morgan fingerprint density at radius 2 is 1.37 bits per heavy atom. The van der Waals surface area contributed by atoms with Crippen LogP contribution in [-0.4, -0.2) is 64.6 Å². The van der Waals surface area contributed by atoms with Gasteiger partial charge in [0.05, 0.1) is 6.04 Å². The van der Waals surface area contributed by atoms with Crippen LogP contribution in [0.5, 0.6) is 0 Å². The van der Waals surface area contributed by atoms with Gasteiger partial charge in [-0.3, -0.25) is 19.2 Å². The predicted molar refractivity (Wildman–Crippen MR) is 113 cm³/mol. The number of aliphatic carboxylic acids is 1. The summed E-state index contributed by atoms with van der Waals surface area (Å²) in [5.74, 6) is -4.62. The van der Waals surface area contributed by atoms with E-state index in [0.717, 1.165) is 0 Å². The molecule has 0 aliphatic heterocycles. The molecule has 0 spiro atoms. The van der Waals surface area contributed by atoms with Crippen molar-refractivity contribution in [3.8, 4) is 0 Å². The van der Waals surface area contributed by atoms with E-state index in [9.17, 15) is 29.1 Å². The lowest BCUT2D eigenvalue weighted by Gasteiger charge is -2.27. The molecule has 0 heterocycles. The first kappa shape index (κ1) is 27.7. The van der Waals surface area contributed by atoms with Crippen LogP contribution in [0.15, 0.2) is 0 Å². The Balaban J connectivity index is 5.47. The first-order valence-corrected chi connectivity index (χ1v) is 10.2. The summed E-state index contributed by atoms with van der Waals surface area (Å²) in [6, 6.07) is -4.33. The number of carbonyl (C=O) groups is 5. The van der Waals surface area contributed by atoms with Crippen LogP contribution >= 0.6 is 12.6 Å². The molecule has 0 bridgehead atoms. The van der Waals surface area contributed by atoms with Crippen LogP contribution in [0.2, 0.25) is 0 Å². The molecule has 0 aromatic heterocycles. The molecule has 30 heavy (non-hydrogen) atoms. The van der Waals surface area contributed by atoms with Crippen LogP contribution < -0.4 is 27.4 Å². The largest absolute Gasteiger partial charge is 0.480 e. The molecule has 11 nitrogen and oxygen atoms in total. The molecule has 0 aliphatic carbocycles. The van der Waals surface area contributed by atoms with E-state index in [1.807, 2.05) is 0 Å². The molecule has 4 amide bonds. The quantitative estimate of drug-likeness (QED) is 0.164. The SMILES string of the molecule is CC(C)C(NC(=O)C(CCC(N)=O)NC(=O)C(NC(=O)C(N)CS)C(C)C)C(=O)O. The minimum absolute atomic E-state index is 0.0771. The molecule has 0 aromatic carbocycles. The third kappa shape index (κ3) is 9.44. The normalized spacial score (nSPS) is 15.1. The van der Waals surface area contributed by atoms with Gasteiger partial charge < -0.3 is 32.5 Å². The Morgan fingerprint density at radius 3 is 1.77 bits per heavy atom. The van der Waals surface area contributed by atoms with Crippen LogP contribution in [0, 0.1) is 11.8 Å². The zero-order valence-corrected chi connectivity index (χ0v) is 18.6. The van der Waals surface area contributed by atoms with Crippen molar-refractivity contribution in [1.82, 2.24) is 16.0 Å². The Morgan fingerprint density at radius 1 is 0.867 bits per heavy atom. The van der Waals surface area contributed by atoms with E-state index in [2.05, 4.69) is 28.6 Å². The number of nitrogens with one attached hydrogen (secondary N) is 3. The fourth-order valence-corrected chi connectivity index (χ4v) is 2.63. The zero-order valence-electron chi connectivity index (χ0n) is 17.7. The highest BCUT2D eigenvalue weighted by molar-refractivity contribution is 7.80. The smallest absolute Gasteiger partial charge is 0.326 e. The minimum atomic E-state index is -1.23. The third-order valence-corrected chi connectivity index (χ3v) is 4.72. The van der Waals surface area contributed by atoms with Gasteiger partial charge >= 0.3 is 5.97 Å². The van der Waals surface area contributed by atoms with Gasteiger partial charge in [0.2, 0.25) is 23.6 Å². The van der Waals surface area contributed by atoms with Gasteiger partial charge in [0.1, 0.15) is 18.1 Å². The second-order valence-corrected chi connectivity index (χ2v) is 8.02. The summed E-state index contributed by atoms with van der Waals surface area (Å²) in [6.07, 6.45) is -0.340. The molecule has 0 fully saturated rings. The molecule has 0 saturated carbocycles. The Hall–Kier alpha value is -2.34. The number of carboxylic acids is 1. The van der Waals surface area contributed by atoms with Gasteiger partial charge in [0, 0.05) is 12.2 Å². The van der Waals surface area contributed by atoms with Gasteiger partial charge in [-0.25, -0.2) is 4.79 Å². The summed E-state index contributed by atoms with van der Waals surface area (Å²) in [6.45, 7) is 6.61. The van der Waals surface area contributed by atoms with Crippen molar-refractivity contribution in [2.75, 3.05) is 5.75 Å². The number of hydrogen-bond donors (Lipinski definition) is 7. The van der Waals surface area contributed by atoms with Crippen molar-refractivity contribution in [1.29, 1.82) is 0 Å². The monoisotopic (exact) mass is 447 g/mol. The van der Waals surface area contributed by atoms with Crippen molar-refractivity contribution in [2.24, 2.45) is 23.3 Å². The molecule has 0 rings (SSSR count). The molecule has 4 unspecified atom stereocenters. The molecule has 0 saturated heterocycles. The summed E-state index contributed by atoms with van der Waals surface area (Å²) in [5.41, 5.74) is 10.8. The second kappa shape index (κ2) is 13.1. The summed E-state index contributed by atoms with van der Waals surface area (Å²) in [7, 11) is 0. The number of thiol groups is 1. The lowest BCUT2D eigenvalue weighted by Crippen LogP contribution is -2.59. The van der Waals surface area contributed by atoms with Crippen LogP contribution in [0.4, 0.5) is 0 Å². The fourth-order valence-electron chi connectivity index (χ4n) is 2.46. The van der Waals surface area contributed by atoms with Gasteiger partial charge in [0.25, 0.3) is 0 Å². The van der Waals surface area contributed by atoms with Gasteiger partial charge in [0.15, 0.2) is 0 Å². The summed E-state index contributed by atoms with van der Waals surface area (Å²) < 4.78 is 0. The lowest BCUT2D eigenvalue weighted by atomic mass is 10.0. The average molecular weight is 448 g/mol. The van der Waals surface area contributed by atoms with E-state index < -0.39 is 59.7 Å². The van der Waals surface area contributed by atoms with E-state index in [0.29, 0.717) is 0 Å². The van der Waals surface area contributed by atoms with E-state index in [-0.39, 0.29) is 24.5 Å². The molecule has 0 radical (unpaired) electrons. The molecule has 8 N–H and O–H groups in total. The van der Waals surface area contributed by atoms with Crippen LogP contribution in [0.1, 0.15) is 40.5 Å². The number of carboxylic acid groups (broad SMARTS) is 1. The van der Waals surface area contributed by atoms with Gasteiger partial charge in [-0.05, 0) is 18.3 Å². The van der Waals surface area contributed by atoms with Crippen molar-refractivity contribution in [2.45, 2.75) is 64.7 Å². The number of carbonyl (C=O) groups excluding carboxylic acids is 4. The second-order valence-electron chi connectivity index (χ2n) is 7.65. The average Bonchev–Trinajstić information content (AvgIpc) is 2.64. The predicted octanol–water partition coefficient (Wildman–Crippen LogP) is -1.64. The summed E-state index contributed by atoms with van der Waals surface area (Å²) in [5, 5.41) is 16.6. The standard InChI is InChI=1S/C18H33N5O6S/c1-8(2)13(22-15(25)10(19)7-30)17(27)21-11(5-6-12(20)24)16(26)23-14(9(3)4)18(28)29/h8-11,13-14,30H,5-7,19H2,1-4H3,(H2,20,24)(H,21,27)(H,22,25)(H,23,26)(H,28,29). The first-order valence-electron chi connectivity index (χ1n) is 9.60. The maximum absolute atomic E-state index is 12.7. The Kier molecular flexibility index (Phi) is 12.0. The van der Waals surface area contributed by atoms with Crippen LogP contribution in [0.3, 0.4) is 0 Å². The first-order chi connectivity index (χ1) is 13.8. The molecule has 0 aliphatic rings. The Labute approximate surface area is 181 Å². The van der Waals surface area contributed by atoms with Crippen molar-refractivity contribution in [3.63, 3.8) is 0 Å². The Bertz CT molecular complexity index is 643. The van der Waals surface area contributed by atoms with Crippen molar-refractivity contribution < 1.29 is 29.1 Å². The highest BCUT2D eigenvalue weighted by Crippen LogP contribution is 2.07. The number of nitrogens with two attached hydrogens (primary N) is 2. The minimum Gasteiger partial charge on any atom is -0.480 e. The topological polar surface area (TPSA) is 194 Å². The molecule has 0 aromatic rings. The molecule has 172 valence electrons. The van der Waals surface area contributed by atoms with Gasteiger partial charge in [-0.1, -0.05) is 27.7 Å². The highest BCUT2D eigenvalue weighted by Gasteiger charge is 2.32. The van der Waals surface area contributed by atoms with E-state index in [1.54, 1.807) is 27.7 Å². The van der Waals surface area contributed by atoms with Crippen LogP contribution in [0.25, 0.3) is 0 Å². The van der Waals surface area contributed by atoms with E-state index in [4.69, 9.17) is 11.5 Å². The summed E-state index contributed by atoms with van der Waals surface area (Å²) in [4.78, 5) is 59.9. The fraction of sp³-hybridized carbons (Fsp3) is 0.722. The third-order valence-electron chi connectivity index (χ3n) is 4.32. The number of amides is 4. The number of rotatable bonds is 13. The van der Waals surface area contributed by atoms with E-state index >= 15 is 0 Å². The van der Waals surface area contributed by atoms with Gasteiger partial charge in [-0.2, -0.15) is 12.6 Å². The zero-order chi connectivity index (χ0) is 23.6. The number of primary amides is 1. The van der Waals surface area contributed by atoms with Gasteiger partial charge in [-0.15, -0.1) is 0 Å². The summed E-state index contributed by atoms with van der Waals surface area (Å²) >= 11 is 3.94. The lowest BCUT2D eigenvalue weighted by molar-refractivity contribution is -0.143. The number of hydrogen-bond acceptors (Lipinski definition) is 7. The van der Waals surface area contributed by atoms with Crippen molar-refractivity contribution in [3.05, 3.63) is 0 Å².